The topological polar surface area (TPSA) is 70.2 Å². The summed E-state index contributed by atoms with van der Waals surface area (Å²) in [5, 5.41) is 0. The van der Waals surface area contributed by atoms with Gasteiger partial charge in [0.05, 0.1) is 36.9 Å². The van der Waals surface area contributed by atoms with Gasteiger partial charge < -0.3 is 9.64 Å². The van der Waals surface area contributed by atoms with E-state index >= 15 is 0 Å². The van der Waals surface area contributed by atoms with Gasteiger partial charge in [-0.15, -0.1) is 0 Å². The average Bonchev–Trinajstić information content (AvgIpc) is 2.93. The van der Waals surface area contributed by atoms with Crippen LogP contribution in [0.3, 0.4) is 0 Å². The molecule has 3 aliphatic heterocycles. The van der Waals surface area contributed by atoms with Crippen molar-refractivity contribution < 1.29 is 19.1 Å². The van der Waals surface area contributed by atoms with E-state index in [4.69, 9.17) is 4.74 Å². The minimum atomic E-state index is -0.243. The molecule has 7 nitrogen and oxygen atoms in total. The van der Waals surface area contributed by atoms with Crippen molar-refractivity contribution in [3.8, 4) is 0 Å². The average molecular weight is 357 g/mol. The standard InChI is InChI=1S/C19H23N3O4/c23-17(21-8-10-26-11-9-21)14-4-3-7-20(12-14)13-22-18(24)15-5-1-2-6-16(15)19(22)25/h1-2,5-6,14H,3-4,7-13H2/t14-/m1/s1. The predicted octanol–water partition coefficient (Wildman–Crippen LogP) is 0.811. The summed E-state index contributed by atoms with van der Waals surface area (Å²) < 4.78 is 5.32. The molecule has 1 aromatic carbocycles. The molecule has 138 valence electrons. The molecule has 3 aliphatic rings. The van der Waals surface area contributed by atoms with Gasteiger partial charge in [-0.2, -0.15) is 0 Å². The fourth-order valence-corrected chi connectivity index (χ4v) is 4.00. The minimum absolute atomic E-state index is 0.0722. The Kier molecular flexibility index (Phi) is 4.74. The number of ether oxygens (including phenoxy) is 1. The molecular formula is C19H23N3O4. The van der Waals surface area contributed by atoms with Crippen molar-refractivity contribution in [3.63, 3.8) is 0 Å². The molecule has 0 spiro atoms. The van der Waals surface area contributed by atoms with E-state index in [-0.39, 0.29) is 30.3 Å². The van der Waals surface area contributed by atoms with Gasteiger partial charge in [-0.3, -0.25) is 24.2 Å². The molecule has 4 rings (SSSR count). The van der Waals surface area contributed by atoms with Crippen LogP contribution in [0, 0.1) is 5.92 Å². The minimum Gasteiger partial charge on any atom is -0.378 e. The largest absolute Gasteiger partial charge is 0.378 e. The maximum Gasteiger partial charge on any atom is 0.262 e. The predicted molar refractivity (Wildman–Crippen MR) is 93.5 cm³/mol. The Bertz CT molecular complexity index is 694. The van der Waals surface area contributed by atoms with Crippen molar-refractivity contribution in [2.75, 3.05) is 46.1 Å². The second-order valence-electron chi connectivity index (χ2n) is 7.08. The summed E-state index contributed by atoms with van der Waals surface area (Å²) in [5.74, 6) is -0.392. The molecule has 26 heavy (non-hydrogen) atoms. The van der Waals surface area contributed by atoms with Crippen LogP contribution in [-0.2, 0) is 9.53 Å². The van der Waals surface area contributed by atoms with Crippen LogP contribution < -0.4 is 0 Å². The Labute approximate surface area is 152 Å². The molecule has 0 saturated carbocycles. The number of hydrogen-bond acceptors (Lipinski definition) is 5. The number of likely N-dealkylation sites (tertiary alicyclic amines) is 1. The van der Waals surface area contributed by atoms with Crippen molar-refractivity contribution in [2.45, 2.75) is 12.8 Å². The Morgan fingerprint density at radius 2 is 1.69 bits per heavy atom. The molecule has 7 heteroatoms. The van der Waals surface area contributed by atoms with Crippen LogP contribution in [0.1, 0.15) is 33.6 Å². The number of benzene rings is 1. The third-order valence-electron chi connectivity index (χ3n) is 5.40. The molecule has 3 amide bonds. The van der Waals surface area contributed by atoms with Crippen LogP contribution in [0.4, 0.5) is 0 Å². The summed E-state index contributed by atoms with van der Waals surface area (Å²) in [5.41, 5.74) is 0.936. The highest BCUT2D eigenvalue weighted by atomic mass is 16.5. The third-order valence-corrected chi connectivity index (χ3v) is 5.40. The van der Waals surface area contributed by atoms with Crippen LogP contribution >= 0.6 is 0 Å². The van der Waals surface area contributed by atoms with E-state index in [2.05, 4.69) is 0 Å². The number of nitrogens with zero attached hydrogens (tertiary/aromatic N) is 3. The molecule has 2 saturated heterocycles. The Balaban J connectivity index is 1.40. The van der Waals surface area contributed by atoms with E-state index in [0.29, 0.717) is 44.0 Å². The van der Waals surface area contributed by atoms with Crippen molar-refractivity contribution in [1.82, 2.24) is 14.7 Å². The van der Waals surface area contributed by atoms with Gasteiger partial charge >= 0.3 is 0 Å². The summed E-state index contributed by atoms with van der Waals surface area (Å²) in [6.45, 7) is 4.11. The first kappa shape index (κ1) is 17.2. The first-order valence-corrected chi connectivity index (χ1v) is 9.19. The van der Waals surface area contributed by atoms with Crippen LogP contribution in [0.2, 0.25) is 0 Å². The van der Waals surface area contributed by atoms with Crippen LogP contribution in [0.25, 0.3) is 0 Å². The van der Waals surface area contributed by atoms with Crippen LogP contribution in [0.15, 0.2) is 24.3 Å². The lowest BCUT2D eigenvalue weighted by molar-refractivity contribution is -0.141. The number of morpholine rings is 1. The number of carbonyl (C=O) groups is 3. The van der Waals surface area contributed by atoms with Gasteiger partial charge in [-0.1, -0.05) is 12.1 Å². The summed E-state index contributed by atoms with van der Waals surface area (Å²) in [7, 11) is 0. The first-order valence-electron chi connectivity index (χ1n) is 9.19. The van der Waals surface area contributed by atoms with E-state index in [0.717, 1.165) is 19.4 Å². The lowest BCUT2D eigenvalue weighted by Gasteiger charge is -2.37. The lowest BCUT2D eigenvalue weighted by Crippen LogP contribution is -2.50. The molecule has 0 N–H and O–H groups in total. The zero-order chi connectivity index (χ0) is 18.1. The van der Waals surface area contributed by atoms with E-state index < -0.39 is 0 Å². The number of hydrogen-bond donors (Lipinski definition) is 0. The van der Waals surface area contributed by atoms with Gasteiger partial charge in [-0.05, 0) is 31.5 Å². The molecule has 0 aromatic heterocycles. The van der Waals surface area contributed by atoms with Crippen molar-refractivity contribution in [2.24, 2.45) is 5.92 Å². The van der Waals surface area contributed by atoms with Gasteiger partial charge in [0.1, 0.15) is 0 Å². The normalized spacial score (nSPS) is 24.1. The van der Waals surface area contributed by atoms with E-state index in [9.17, 15) is 14.4 Å². The molecule has 1 atom stereocenters. The fraction of sp³-hybridized carbons (Fsp3) is 0.526. The highest BCUT2D eigenvalue weighted by Gasteiger charge is 2.37. The number of piperidine rings is 1. The maximum atomic E-state index is 12.7. The molecule has 0 unspecified atom stereocenters. The second kappa shape index (κ2) is 7.17. The number of imide groups is 1. The molecule has 3 heterocycles. The monoisotopic (exact) mass is 357 g/mol. The van der Waals surface area contributed by atoms with Gasteiger partial charge in [0.2, 0.25) is 5.91 Å². The molecule has 0 radical (unpaired) electrons. The van der Waals surface area contributed by atoms with Gasteiger partial charge in [0.15, 0.2) is 0 Å². The number of carbonyl (C=O) groups excluding carboxylic acids is 3. The summed E-state index contributed by atoms with van der Waals surface area (Å²) in [6, 6.07) is 6.92. The van der Waals surface area contributed by atoms with Crippen molar-refractivity contribution in [1.29, 1.82) is 0 Å². The summed E-state index contributed by atoms with van der Waals surface area (Å²) in [6.07, 6.45) is 1.75. The fourth-order valence-electron chi connectivity index (χ4n) is 4.00. The number of fused-ring (bicyclic) bond motifs is 1. The first-order chi connectivity index (χ1) is 12.6. The summed E-state index contributed by atoms with van der Waals surface area (Å²) >= 11 is 0. The summed E-state index contributed by atoms with van der Waals surface area (Å²) in [4.78, 5) is 43.0. The number of amides is 3. The Morgan fingerprint density at radius 3 is 2.35 bits per heavy atom. The molecule has 1 aromatic rings. The van der Waals surface area contributed by atoms with E-state index in [1.165, 1.54) is 4.90 Å². The van der Waals surface area contributed by atoms with Gasteiger partial charge in [0, 0.05) is 19.6 Å². The highest BCUT2D eigenvalue weighted by molar-refractivity contribution is 6.21. The van der Waals surface area contributed by atoms with Crippen molar-refractivity contribution >= 4 is 17.7 Å². The van der Waals surface area contributed by atoms with Crippen LogP contribution in [-0.4, -0.2) is 78.5 Å². The Hall–Kier alpha value is -2.25. The smallest absolute Gasteiger partial charge is 0.262 e. The third kappa shape index (κ3) is 3.12. The van der Waals surface area contributed by atoms with E-state index in [1.54, 1.807) is 24.3 Å². The molecular weight excluding hydrogens is 334 g/mol. The van der Waals surface area contributed by atoms with Gasteiger partial charge in [-0.25, -0.2) is 0 Å². The second-order valence-corrected chi connectivity index (χ2v) is 7.08. The molecule has 2 fully saturated rings. The molecule has 0 bridgehead atoms. The van der Waals surface area contributed by atoms with Gasteiger partial charge in [0.25, 0.3) is 11.8 Å². The van der Waals surface area contributed by atoms with Crippen molar-refractivity contribution in [3.05, 3.63) is 35.4 Å². The van der Waals surface area contributed by atoms with E-state index in [1.807, 2.05) is 9.80 Å². The lowest BCUT2D eigenvalue weighted by atomic mass is 9.96. The zero-order valence-corrected chi connectivity index (χ0v) is 14.7. The zero-order valence-electron chi connectivity index (χ0n) is 14.7. The maximum absolute atomic E-state index is 12.7. The SMILES string of the molecule is O=C([C@@H]1CCCN(CN2C(=O)c3ccccc3C2=O)C1)N1CCOCC1. The Morgan fingerprint density at radius 1 is 1.04 bits per heavy atom. The quantitative estimate of drug-likeness (QED) is 0.749. The molecule has 0 aliphatic carbocycles. The number of rotatable bonds is 3. The van der Waals surface area contributed by atoms with Crippen LogP contribution in [0.5, 0.6) is 0 Å². The highest BCUT2D eigenvalue weighted by Crippen LogP contribution is 2.25.